The Morgan fingerprint density at radius 2 is 1.74 bits per heavy atom. The van der Waals surface area contributed by atoms with Crippen molar-refractivity contribution in [2.75, 3.05) is 0 Å². The molecule has 1 atom stereocenters. The van der Waals surface area contributed by atoms with Crippen LogP contribution in [-0.2, 0) is 17.1 Å². The van der Waals surface area contributed by atoms with Crippen molar-refractivity contribution in [2.45, 2.75) is 50.7 Å². The summed E-state index contributed by atoms with van der Waals surface area (Å²) in [5, 5.41) is 6.33. The highest BCUT2D eigenvalue weighted by Gasteiger charge is 2.24. The number of rotatable bonds is 10. The topological polar surface area (TPSA) is 84.0 Å². The predicted octanol–water partition coefficient (Wildman–Crippen LogP) is 5.19. The Balaban J connectivity index is 1.66. The SMILES string of the molecule is Cc1ccc(CNC(=O)[C@@H](CC(C)C)NC(=O)c2nc(SCc3ccccc3)ncc2Cl)cc1. The van der Waals surface area contributed by atoms with Crippen molar-refractivity contribution in [3.05, 3.63) is 88.2 Å². The number of benzene rings is 2. The van der Waals surface area contributed by atoms with Gasteiger partial charge in [0.05, 0.1) is 11.2 Å². The van der Waals surface area contributed by atoms with Gasteiger partial charge in [0, 0.05) is 12.3 Å². The van der Waals surface area contributed by atoms with Crippen molar-refractivity contribution < 1.29 is 9.59 Å². The lowest BCUT2D eigenvalue weighted by atomic mass is 10.0. The first-order chi connectivity index (χ1) is 16.3. The largest absolute Gasteiger partial charge is 0.350 e. The van der Waals surface area contributed by atoms with Crippen LogP contribution in [0.25, 0.3) is 0 Å². The van der Waals surface area contributed by atoms with Gasteiger partial charge in [0.1, 0.15) is 6.04 Å². The number of carbonyl (C=O) groups excluding carboxylic acids is 2. The molecule has 0 bridgehead atoms. The molecular formula is C26H29ClN4O2S. The molecule has 0 spiro atoms. The van der Waals surface area contributed by atoms with E-state index < -0.39 is 11.9 Å². The first kappa shape index (κ1) is 25.7. The first-order valence-corrected chi connectivity index (χ1v) is 12.5. The molecule has 0 aliphatic rings. The minimum Gasteiger partial charge on any atom is -0.350 e. The van der Waals surface area contributed by atoms with Crippen LogP contribution < -0.4 is 10.6 Å². The van der Waals surface area contributed by atoms with Crippen LogP contribution in [0.15, 0.2) is 66.0 Å². The zero-order valence-corrected chi connectivity index (χ0v) is 21.1. The molecule has 2 aromatic carbocycles. The number of nitrogens with zero attached hydrogens (tertiary/aromatic N) is 2. The molecular weight excluding hydrogens is 468 g/mol. The molecule has 2 N–H and O–H groups in total. The zero-order chi connectivity index (χ0) is 24.5. The fourth-order valence-electron chi connectivity index (χ4n) is 3.25. The van der Waals surface area contributed by atoms with Gasteiger partial charge in [-0.3, -0.25) is 9.59 Å². The summed E-state index contributed by atoms with van der Waals surface area (Å²) in [5.41, 5.74) is 3.34. The van der Waals surface area contributed by atoms with Crippen molar-refractivity contribution >= 4 is 35.2 Å². The summed E-state index contributed by atoms with van der Waals surface area (Å²) in [7, 11) is 0. The fraction of sp³-hybridized carbons (Fsp3) is 0.308. The maximum absolute atomic E-state index is 13.0. The third-order valence-electron chi connectivity index (χ3n) is 5.06. The second-order valence-electron chi connectivity index (χ2n) is 8.48. The average molecular weight is 497 g/mol. The van der Waals surface area contributed by atoms with Gasteiger partial charge in [0.15, 0.2) is 10.9 Å². The molecule has 0 saturated carbocycles. The fourth-order valence-corrected chi connectivity index (χ4v) is 4.20. The Kier molecular flexibility index (Phi) is 9.48. The van der Waals surface area contributed by atoms with Gasteiger partial charge in [-0.05, 0) is 30.4 Å². The number of amides is 2. The van der Waals surface area contributed by atoms with E-state index in [9.17, 15) is 9.59 Å². The minimum absolute atomic E-state index is 0.0623. The number of aryl methyl sites for hydroxylation is 1. The third-order valence-corrected chi connectivity index (χ3v) is 6.27. The van der Waals surface area contributed by atoms with Gasteiger partial charge in [-0.25, -0.2) is 9.97 Å². The standard InChI is InChI=1S/C26H29ClN4O2S/c1-17(2)13-22(24(32)28-14-19-11-9-18(3)10-12-19)30-25(33)23-21(27)15-29-26(31-23)34-16-20-7-5-4-6-8-20/h4-12,15,17,22H,13-14,16H2,1-3H3,(H,28,32)(H,30,33)/t22-/m1/s1. The number of aromatic nitrogens is 2. The van der Waals surface area contributed by atoms with Crippen molar-refractivity contribution in [1.29, 1.82) is 0 Å². The lowest BCUT2D eigenvalue weighted by Gasteiger charge is -2.20. The van der Waals surface area contributed by atoms with Crippen molar-refractivity contribution in [1.82, 2.24) is 20.6 Å². The second kappa shape index (κ2) is 12.5. The van der Waals surface area contributed by atoms with Gasteiger partial charge in [0.2, 0.25) is 5.91 Å². The van der Waals surface area contributed by atoms with Crippen molar-refractivity contribution in [3.8, 4) is 0 Å². The molecule has 0 aliphatic heterocycles. The normalized spacial score (nSPS) is 11.8. The van der Waals surface area contributed by atoms with Gasteiger partial charge >= 0.3 is 0 Å². The minimum atomic E-state index is -0.704. The Bertz CT molecular complexity index is 1110. The summed E-state index contributed by atoms with van der Waals surface area (Å²) < 4.78 is 0. The molecule has 1 heterocycles. The zero-order valence-electron chi connectivity index (χ0n) is 19.5. The molecule has 0 radical (unpaired) electrons. The molecule has 0 unspecified atom stereocenters. The summed E-state index contributed by atoms with van der Waals surface area (Å²) in [6, 6.07) is 17.2. The van der Waals surface area contributed by atoms with Crippen molar-refractivity contribution in [2.24, 2.45) is 5.92 Å². The average Bonchev–Trinajstić information content (AvgIpc) is 2.83. The molecule has 34 heavy (non-hydrogen) atoms. The van der Waals surface area contributed by atoms with Crippen LogP contribution in [0.2, 0.25) is 5.02 Å². The highest BCUT2D eigenvalue weighted by atomic mass is 35.5. The van der Waals surface area contributed by atoms with Gasteiger partial charge in [-0.15, -0.1) is 0 Å². The maximum atomic E-state index is 13.0. The summed E-state index contributed by atoms with van der Waals surface area (Å²) in [6.45, 7) is 6.41. The smallest absolute Gasteiger partial charge is 0.272 e. The van der Waals surface area contributed by atoms with E-state index in [1.807, 2.05) is 75.4 Å². The van der Waals surface area contributed by atoms with Crippen LogP contribution in [0.3, 0.4) is 0 Å². The number of hydrogen-bond donors (Lipinski definition) is 2. The quantitative estimate of drug-likeness (QED) is 0.298. The van der Waals surface area contributed by atoms with E-state index in [2.05, 4.69) is 20.6 Å². The monoisotopic (exact) mass is 496 g/mol. The molecule has 1 aromatic heterocycles. The Morgan fingerprint density at radius 1 is 1.03 bits per heavy atom. The molecule has 178 valence electrons. The van der Waals surface area contributed by atoms with Crippen LogP contribution in [-0.4, -0.2) is 27.8 Å². The maximum Gasteiger partial charge on any atom is 0.272 e. The highest BCUT2D eigenvalue weighted by molar-refractivity contribution is 7.98. The van der Waals surface area contributed by atoms with Crippen LogP contribution in [0, 0.1) is 12.8 Å². The summed E-state index contributed by atoms with van der Waals surface area (Å²) in [4.78, 5) is 34.5. The molecule has 0 fully saturated rings. The lowest BCUT2D eigenvalue weighted by Crippen LogP contribution is -2.47. The Morgan fingerprint density at radius 3 is 2.41 bits per heavy atom. The molecule has 8 heteroatoms. The number of carbonyl (C=O) groups is 2. The number of nitrogens with one attached hydrogen (secondary N) is 2. The number of thioether (sulfide) groups is 1. The van der Waals surface area contributed by atoms with Gasteiger partial charge in [-0.2, -0.15) is 0 Å². The van der Waals surface area contributed by atoms with Crippen LogP contribution in [0.5, 0.6) is 0 Å². The molecule has 6 nitrogen and oxygen atoms in total. The summed E-state index contributed by atoms with van der Waals surface area (Å²) in [5.74, 6) is 0.130. The summed E-state index contributed by atoms with van der Waals surface area (Å²) in [6.07, 6.45) is 1.91. The second-order valence-corrected chi connectivity index (χ2v) is 9.83. The van der Waals surface area contributed by atoms with E-state index >= 15 is 0 Å². The van der Waals surface area contributed by atoms with E-state index in [0.717, 1.165) is 16.7 Å². The molecule has 0 aliphatic carbocycles. The Labute approximate surface area is 209 Å². The van der Waals surface area contributed by atoms with Crippen LogP contribution >= 0.6 is 23.4 Å². The lowest BCUT2D eigenvalue weighted by molar-refractivity contribution is -0.123. The summed E-state index contributed by atoms with van der Waals surface area (Å²) >= 11 is 7.65. The highest BCUT2D eigenvalue weighted by Crippen LogP contribution is 2.22. The number of halogens is 1. The molecule has 2 amide bonds. The van der Waals surface area contributed by atoms with Gasteiger partial charge in [-0.1, -0.05) is 97.4 Å². The van der Waals surface area contributed by atoms with Gasteiger partial charge in [0.25, 0.3) is 5.91 Å². The van der Waals surface area contributed by atoms with E-state index in [1.54, 1.807) is 0 Å². The third kappa shape index (κ3) is 7.85. The molecule has 3 rings (SSSR count). The van der Waals surface area contributed by atoms with Crippen LogP contribution in [0.1, 0.15) is 47.4 Å². The number of hydrogen-bond acceptors (Lipinski definition) is 5. The van der Waals surface area contributed by atoms with E-state index in [0.29, 0.717) is 23.9 Å². The first-order valence-electron chi connectivity index (χ1n) is 11.1. The van der Waals surface area contributed by atoms with Gasteiger partial charge < -0.3 is 10.6 Å². The molecule has 0 saturated heterocycles. The van der Waals surface area contributed by atoms with Crippen LogP contribution in [0.4, 0.5) is 0 Å². The van der Waals surface area contributed by atoms with Crippen molar-refractivity contribution in [3.63, 3.8) is 0 Å². The molecule has 3 aromatic rings. The van der Waals surface area contributed by atoms with E-state index in [4.69, 9.17) is 11.6 Å². The van der Waals surface area contributed by atoms with E-state index in [-0.39, 0.29) is 22.5 Å². The predicted molar refractivity (Wildman–Crippen MR) is 137 cm³/mol. The Hall–Kier alpha value is -2.90. The van der Waals surface area contributed by atoms with E-state index in [1.165, 1.54) is 18.0 Å².